The molecule has 0 aliphatic rings. The maximum atomic E-state index is 2.42. The predicted octanol–water partition coefficient (Wildman–Crippen LogP) is 6.53. The highest BCUT2D eigenvalue weighted by atomic mass is 14.3. The molecule has 0 N–H and O–H groups in total. The summed E-state index contributed by atoms with van der Waals surface area (Å²) in [7, 11) is 0. The molecule has 0 heteroatoms. The second kappa shape index (κ2) is 7.72. The molecular formula is C19H34. The van der Waals surface area contributed by atoms with Crippen molar-refractivity contribution in [3.8, 4) is 0 Å². The van der Waals surface area contributed by atoms with Crippen molar-refractivity contribution in [3.63, 3.8) is 0 Å². The molecule has 0 fully saturated rings. The van der Waals surface area contributed by atoms with E-state index < -0.39 is 0 Å². The van der Waals surface area contributed by atoms with E-state index in [2.05, 4.69) is 60.6 Å². The third-order valence-corrected chi connectivity index (χ3v) is 3.89. The molecule has 0 atom stereocenters. The van der Waals surface area contributed by atoms with Crippen LogP contribution in [0.5, 0.6) is 0 Å². The normalized spacial score (nSPS) is 11.3. The zero-order valence-corrected chi connectivity index (χ0v) is 14.6. The molecule has 0 heterocycles. The van der Waals surface area contributed by atoms with Crippen LogP contribution in [0.25, 0.3) is 0 Å². The quantitative estimate of drug-likeness (QED) is 0.578. The first kappa shape index (κ1) is 18.2. The van der Waals surface area contributed by atoms with Crippen molar-refractivity contribution in [2.45, 2.75) is 86.5 Å². The van der Waals surface area contributed by atoms with Crippen LogP contribution in [-0.2, 0) is 5.41 Å². The minimum atomic E-state index is 0.298. The van der Waals surface area contributed by atoms with E-state index in [1.165, 1.54) is 29.5 Å². The van der Waals surface area contributed by atoms with Gasteiger partial charge in [-0.3, -0.25) is 0 Å². The summed E-state index contributed by atoms with van der Waals surface area (Å²) < 4.78 is 0. The van der Waals surface area contributed by atoms with Crippen LogP contribution < -0.4 is 0 Å². The molecule has 1 rings (SSSR count). The van der Waals surface area contributed by atoms with E-state index in [1.807, 2.05) is 13.8 Å². The number of hydrogen-bond acceptors (Lipinski definition) is 0. The standard InChI is InChI=1S/C17H28.C2H6/c1-8-9-17(6,7)16-11-14(5)13(4)10-15(16)12(2)3;1-2/h10-12H,8-9H2,1-7H3;1-2H3. The average Bonchev–Trinajstić information content (AvgIpc) is 2.34. The summed E-state index contributed by atoms with van der Waals surface area (Å²) in [4.78, 5) is 0. The lowest BCUT2D eigenvalue weighted by atomic mass is 9.75. The first-order valence-corrected chi connectivity index (χ1v) is 7.91. The van der Waals surface area contributed by atoms with Gasteiger partial charge in [0.05, 0.1) is 0 Å². The van der Waals surface area contributed by atoms with E-state index in [4.69, 9.17) is 0 Å². The molecule has 0 amide bonds. The molecule has 0 bridgehead atoms. The molecule has 19 heavy (non-hydrogen) atoms. The smallest absolute Gasteiger partial charge is 0.0101 e. The molecule has 0 nitrogen and oxygen atoms in total. The van der Waals surface area contributed by atoms with Crippen LogP contribution in [0.2, 0.25) is 0 Å². The van der Waals surface area contributed by atoms with Crippen LogP contribution in [0.1, 0.15) is 89.5 Å². The van der Waals surface area contributed by atoms with Gasteiger partial charge in [0, 0.05) is 0 Å². The monoisotopic (exact) mass is 262 g/mol. The first-order valence-electron chi connectivity index (χ1n) is 7.91. The minimum absolute atomic E-state index is 0.298. The summed E-state index contributed by atoms with van der Waals surface area (Å²) in [6.45, 7) is 20.1. The Balaban J connectivity index is 0.00000154. The maximum Gasteiger partial charge on any atom is -0.0101 e. The molecule has 0 aliphatic carbocycles. The Morgan fingerprint density at radius 1 is 1.00 bits per heavy atom. The maximum absolute atomic E-state index is 2.42. The van der Waals surface area contributed by atoms with Gasteiger partial charge in [0.25, 0.3) is 0 Å². The molecule has 0 radical (unpaired) electrons. The van der Waals surface area contributed by atoms with E-state index in [1.54, 1.807) is 5.56 Å². The van der Waals surface area contributed by atoms with Gasteiger partial charge in [0.15, 0.2) is 0 Å². The first-order chi connectivity index (χ1) is 8.79. The van der Waals surface area contributed by atoms with Crippen molar-refractivity contribution in [1.82, 2.24) is 0 Å². The Labute approximate surface area is 121 Å². The third-order valence-electron chi connectivity index (χ3n) is 3.89. The highest BCUT2D eigenvalue weighted by molar-refractivity contribution is 5.42. The SMILES string of the molecule is CC.CCCC(C)(C)c1cc(C)c(C)cc1C(C)C. The average molecular weight is 262 g/mol. The molecule has 0 saturated carbocycles. The van der Waals surface area contributed by atoms with E-state index in [0.717, 1.165) is 0 Å². The van der Waals surface area contributed by atoms with Crippen molar-refractivity contribution in [3.05, 3.63) is 34.4 Å². The van der Waals surface area contributed by atoms with Crippen LogP contribution in [0.15, 0.2) is 12.1 Å². The van der Waals surface area contributed by atoms with Crippen molar-refractivity contribution >= 4 is 0 Å². The van der Waals surface area contributed by atoms with Gasteiger partial charge in [0.1, 0.15) is 0 Å². The van der Waals surface area contributed by atoms with Crippen LogP contribution in [0.4, 0.5) is 0 Å². The highest BCUT2D eigenvalue weighted by Crippen LogP contribution is 2.35. The lowest BCUT2D eigenvalue weighted by molar-refractivity contribution is 0.466. The van der Waals surface area contributed by atoms with E-state index >= 15 is 0 Å². The van der Waals surface area contributed by atoms with E-state index in [0.29, 0.717) is 11.3 Å². The van der Waals surface area contributed by atoms with Gasteiger partial charge in [-0.25, -0.2) is 0 Å². The fourth-order valence-corrected chi connectivity index (χ4v) is 2.66. The summed E-state index contributed by atoms with van der Waals surface area (Å²) in [5, 5.41) is 0. The van der Waals surface area contributed by atoms with Gasteiger partial charge in [-0.1, -0.05) is 67.0 Å². The molecule has 1 aromatic rings. The van der Waals surface area contributed by atoms with Gasteiger partial charge in [-0.05, 0) is 53.9 Å². The molecule has 1 aromatic carbocycles. The minimum Gasteiger partial charge on any atom is -0.0683 e. The Morgan fingerprint density at radius 2 is 1.47 bits per heavy atom. The van der Waals surface area contributed by atoms with E-state index in [9.17, 15) is 0 Å². The molecule has 0 unspecified atom stereocenters. The molecule has 110 valence electrons. The zero-order chi connectivity index (χ0) is 15.2. The molecule has 0 spiro atoms. The Kier molecular flexibility index (Phi) is 7.41. The summed E-state index contributed by atoms with van der Waals surface area (Å²) in [5.74, 6) is 0.612. The molecular weight excluding hydrogens is 228 g/mol. The van der Waals surface area contributed by atoms with Crippen molar-refractivity contribution < 1.29 is 0 Å². The van der Waals surface area contributed by atoms with Gasteiger partial charge in [-0.2, -0.15) is 0 Å². The van der Waals surface area contributed by atoms with Crippen LogP contribution >= 0.6 is 0 Å². The fraction of sp³-hybridized carbons (Fsp3) is 0.684. The molecule has 0 saturated heterocycles. The summed E-state index contributed by atoms with van der Waals surface area (Å²) >= 11 is 0. The van der Waals surface area contributed by atoms with E-state index in [-0.39, 0.29) is 0 Å². The Hall–Kier alpha value is -0.780. The van der Waals surface area contributed by atoms with Crippen LogP contribution in [-0.4, -0.2) is 0 Å². The number of benzene rings is 1. The molecule has 0 aromatic heterocycles. The highest BCUT2D eigenvalue weighted by Gasteiger charge is 2.24. The largest absolute Gasteiger partial charge is 0.0683 e. The van der Waals surface area contributed by atoms with Crippen molar-refractivity contribution in [1.29, 1.82) is 0 Å². The number of aryl methyl sites for hydroxylation is 2. The lowest BCUT2D eigenvalue weighted by Crippen LogP contribution is -2.20. The fourth-order valence-electron chi connectivity index (χ4n) is 2.66. The number of hydrogen-bond donors (Lipinski definition) is 0. The number of rotatable bonds is 4. The van der Waals surface area contributed by atoms with Gasteiger partial charge >= 0.3 is 0 Å². The van der Waals surface area contributed by atoms with Crippen molar-refractivity contribution in [2.24, 2.45) is 0 Å². The second-order valence-corrected chi connectivity index (χ2v) is 6.31. The Morgan fingerprint density at radius 3 is 1.89 bits per heavy atom. The topological polar surface area (TPSA) is 0 Å². The Bertz CT molecular complexity index is 383. The van der Waals surface area contributed by atoms with Crippen molar-refractivity contribution in [2.75, 3.05) is 0 Å². The van der Waals surface area contributed by atoms with Crippen LogP contribution in [0.3, 0.4) is 0 Å². The lowest BCUT2D eigenvalue weighted by Gasteiger charge is -2.30. The summed E-state index contributed by atoms with van der Waals surface area (Å²) in [5.41, 5.74) is 6.23. The third kappa shape index (κ3) is 4.67. The zero-order valence-electron chi connectivity index (χ0n) is 14.6. The van der Waals surface area contributed by atoms with Gasteiger partial charge < -0.3 is 0 Å². The summed E-state index contributed by atoms with van der Waals surface area (Å²) in [6.07, 6.45) is 2.51. The van der Waals surface area contributed by atoms with Crippen LogP contribution in [0, 0.1) is 13.8 Å². The molecule has 0 aliphatic heterocycles. The second-order valence-electron chi connectivity index (χ2n) is 6.31. The van der Waals surface area contributed by atoms with Gasteiger partial charge in [-0.15, -0.1) is 0 Å². The predicted molar refractivity (Wildman–Crippen MR) is 89.3 cm³/mol. The van der Waals surface area contributed by atoms with Gasteiger partial charge in [0.2, 0.25) is 0 Å². The summed E-state index contributed by atoms with van der Waals surface area (Å²) in [6, 6.07) is 4.81.